The molecule has 0 aliphatic carbocycles. The van der Waals surface area contributed by atoms with Crippen LogP contribution in [0.1, 0.15) is 6.92 Å². The normalized spacial score (nSPS) is 10.3. The molecule has 0 fully saturated rings. The number of aromatic nitrogens is 3. The molecule has 0 aliphatic heterocycles. The van der Waals surface area contributed by atoms with Gasteiger partial charge in [-0.05, 0) is 19.1 Å². The average Bonchev–Trinajstić information content (AvgIpc) is 2.42. The van der Waals surface area contributed by atoms with E-state index in [-0.39, 0.29) is 23.3 Å². The standard InChI is InChI=1S/C12H12F2N4O/c1-3-15-11-16-10(17-12(18-11)19-2)7-5-4-6-8(13)9(7)14/h4-6H,3H2,1-2H3,(H,15,16,17,18). The van der Waals surface area contributed by atoms with Crippen molar-refractivity contribution in [3.8, 4) is 17.4 Å². The van der Waals surface area contributed by atoms with Crippen LogP contribution in [-0.4, -0.2) is 28.6 Å². The largest absolute Gasteiger partial charge is 0.467 e. The first-order valence-electron chi connectivity index (χ1n) is 5.64. The maximum absolute atomic E-state index is 13.7. The molecule has 0 unspecified atom stereocenters. The summed E-state index contributed by atoms with van der Waals surface area (Å²) in [5.41, 5.74) is -0.0418. The zero-order valence-corrected chi connectivity index (χ0v) is 10.4. The first-order valence-corrected chi connectivity index (χ1v) is 5.64. The SMILES string of the molecule is CCNc1nc(OC)nc(-c2cccc(F)c2F)n1. The highest BCUT2D eigenvalue weighted by Crippen LogP contribution is 2.23. The lowest BCUT2D eigenvalue weighted by Crippen LogP contribution is -2.07. The number of halogens is 2. The van der Waals surface area contributed by atoms with E-state index < -0.39 is 11.6 Å². The van der Waals surface area contributed by atoms with Crippen molar-refractivity contribution in [1.29, 1.82) is 0 Å². The van der Waals surface area contributed by atoms with Crippen LogP contribution in [0.15, 0.2) is 18.2 Å². The molecule has 1 N–H and O–H groups in total. The van der Waals surface area contributed by atoms with Gasteiger partial charge in [-0.15, -0.1) is 0 Å². The van der Waals surface area contributed by atoms with E-state index in [0.717, 1.165) is 6.07 Å². The molecule has 19 heavy (non-hydrogen) atoms. The number of ether oxygens (including phenoxy) is 1. The molecular weight excluding hydrogens is 254 g/mol. The van der Waals surface area contributed by atoms with Gasteiger partial charge in [-0.3, -0.25) is 0 Å². The van der Waals surface area contributed by atoms with Gasteiger partial charge in [0.1, 0.15) is 0 Å². The lowest BCUT2D eigenvalue weighted by atomic mass is 10.2. The van der Waals surface area contributed by atoms with E-state index in [1.54, 1.807) is 0 Å². The van der Waals surface area contributed by atoms with E-state index in [1.807, 2.05) is 6.92 Å². The fourth-order valence-electron chi connectivity index (χ4n) is 1.48. The van der Waals surface area contributed by atoms with Crippen LogP contribution >= 0.6 is 0 Å². The lowest BCUT2D eigenvalue weighted by Gasteiger charge is -2.07. The van der Waals surface area contributed by atoms with Crippen molar-refractivity contribution in [2.75, 3.05) is 19.0 Å². The Bertz CT molecular complexity index is 592. The molecule has 0 radical (unpaired) electrons. The summed E-state index contributed by atoms with van der Waals surface area (Å²) in [7, 11) is 1.39. The van der Waals surface area contributed by atoms with Gasteiger partial charge in [0.25, 0.3) is 0 Å². The summed E-state index contributed by atoms with van der Waals surface area (Å²) in [5.74, 6) is -1.70. The molecule has 2 aromatic rings. The van der Waals surface area contributed by atoms with Crippen LogP contribution in [0.25, 0.3) is 11.4 Å². The monoisotopic (exact) mass is 266 g/mol. The van der Waals surface area contributed by atoms with Crippen molar-refractivity contribution >= 4 is 5.95 Å². The summed E-state index contributed by atoms with van der Waals surface area (Å²) in [6.45, 7) is 2.44. The summed E-state index contributed by atoms with van der Waals surface area (Å²) in [6.07, 6.45) is 0. The lowest BCUT2D eigenvalue weighted by molar-refractivity contribution is 0.379. The van der Waals surface area contributed by atoms with E-state index in [9.17, 15) is 8.78 Å². The third kappa shape index (κ3) is 2.75. The number of anilines is 1. The number of hydrogen-bond acceptors (Lipinski definition) is 5. The first kappa shape index (κ1) is 13.1. The van der Waals surface area contributed by atoms with Crippen molar-refractivity contribution in [3.63, 3.8) is 0 Å². The Labute approximate surface area is 108 Å². The maximum Gasteiger partial charge on any atom is 0.321 e. The molecule has 0 saturated heterocycles. The van der Waals surface area contributed by atoms with Crippen molar-refractivity contribution < 1.29 is 13.5 Å². The summed E-state index contributed by atoms with van der Waals surface area (Å²) >= 11 is 0. The minimum Gasteiger partial charge on any atom is -0.467 e. The van der Waals surface area contributed by atoms with E-state index in [1.165, 1.54) is 19.2 Å². The van der Waals surface area contributed by atoms with Gasteiger partial charge in [0.15, 0.2) is 17.5 Å². The van der Waals surface area contributed by atoms with Gasteiger partial charge in [0.2, 0.25) is 5.95 Å². The zero-order valence-electron chi connectivity index (χ0n) is 10.4. The molecule has 0 aliphatic rings. The molecular formula is C12H12F2N4O. The van der Waals surface area contributed by atoms with Crippen LogP contribution in [0, 0.1) is 11.6 Å². The molecule has 100 valence electrons. The molecule has 2 rings (SSSR count). The van der Waals surface area contributed by atoms with Crippen LogP contribution in [0.2, 0.25) is 0 Å². The van der Waals surface area contributed by atoms with Crippen LogP contribution in [0.5, 0.6) is 6.01 Å². The van der Waals surface area contributed by atoms with Gasteiger partial charge in [-0.1, -0.05) is 6.07 Å². The van der Waals surface area contributed by atoms with Crippen molar-refractivity contribution in [2.24, 2.45) is 0 Å². The van der Waals surface area contributed by atoms with Crippen molar-refractivity contribution in [1.82, 2.24) is 15.0 Å². The van der Waals surface area contributed by atoms with Gasteiger partial charge < -0.3 is 10.1 Å². The summed E-state index contributed by atoms with van der Waals surface area (Å²) < 4.78 is 31.8. The smallest absolute Gasteiger partial charge is 0.321 e. The Morgan fingerprint density at radius 3 is 2.68 bits per heavy atom. The quantitative estimate of drug-likeness (QED) is 0.919. The van der Waals surface area contributed by atoms with E-state index in [0.29, 0.717) is 6.54 Å². The molecule has 0 amide bonds. The molecule has 5 nitrogen and oxygen atoms in total. The Kier molecular flexibility index (Phi) is 3.84. The van der Waals surface area contributed by atoms with Crippen molar-refractivity contribution in [2.45, 2.75) is 6.92 Å². The van der Waals surface area contributed by atoms with Gasteiger partial charge in [-0.25, -0.2) is 8.78 Å². The zero-order chi connectivity index (χ0) is 13.8. The minimum atomic E-state index is -1.00. The number of methoxy groups -OCH3 is 1. The Morgan fingerprint density at radius 1 is 1.21 bits per heavy atom. The number of nitrogens with zero attached hydrogens (tertiary/aromatic N) is 3. The van der Waals surface area contributed by atoms with Gasteiger partial charge >= 0.3 is 6.01 Å². The first-order chi connectivity index (χ1) is 9.15. The molecule has 1 heterocycles. The predicted octanol–water partition coefficient (Wildman–Crippen LogP) is 2.26. The molecule has 7 heteroatoms. The molecule has 0 spiro atoms. The molecule has 1 aromatic carbocycles. The second-order valence-electron chi connectivity index (χ2n) is 3.60. The van der Waals surface area contributed by atoms with Gasteiger partial charge in [-0.2, -0.15) is 15.0 Å². The highest BCUT2D eigenvalue weighted by molar-refractivity contribution is 5.57. The number of rotatable bonds is 4. The number of nitrogens with one attached hydrogen (secondary N) is 1. The van der Waals surface area contributed by atoms with Crippen LogP contribution in [0.4, 0.5) is 14.7 Å². The Morgan fingerprint density at radius 2 is 2.00 bits per heavy atom. The van der Waals surface area contributed by atoms with Crippen LogP contribution in [0.3, 0.4) is 0 Å². The summed E-state index contributed by atoms with van der Waals surface area (Å²) in [4.78, 5) is 11.9. The minimum absolute atomic E-state index is 0.0137. The number of benzene rings is 1. The Hall–Kier alpha value is -2.31. The van der Waals surface area contributed by atoms with Gasteiger partial charge in [0, 0.05) is 6.54 Å². The fraction of sp³-hybridized carbons (Fsp3) is 0.250. The van der Waals surface area contributed by atoms with Crippen molar-refractivity contribution in [3.05, 3.63) is 29.8 Å². The second kappa shape index (κ2) is 5.55. The molecule has 0 atom stereocenters. The topological polar surface area (TPSA) is 59.9 Å². The number of hydrogen-bond donors (Lipinski definition) is 1. The highest BCUT2D eigenvalue weighted by Gasteiger charge is 2.15. The third-order valence-electron chi connectivity index (χ3n) is 2.32. The highest BCUT2D eigenvalue weighted by atomic mass is 19.2. The van der Waals surface area contributed by atoms with Gasteiger partial charge in [0.05, 0.1) is 12.7 Å². The average molecular weight is 266 g/mol. The predicted molar refractivity (Wildman–Crippen MR) is 65.9 cm³/mol. The second-order valence-corrected chi connectivity index (χ2v) is 3.60. The fourth-order valence-corrected chi connectivity index (χ4v) is 1.48. The van der Waals surface area contributed by atoms with Crippen LogP contribution in [-0.2, 0) is 0 Å². The Balaban J connectivity index is 2.54. The maximum atomic E-state index is 13.7. The summed E-state index contributed by atoms with van der Waals surface area (Å²) in [6, 6.07) is 3.84. The summed E-state index contributed by atoms with van der Waals surface area (Å²) in [5, 5.41) is 2.87. The molecule has 0 saturated carbocycles. The van der Waals surface area contributed by atoms with E-state index in [4.69, 9.17) is 4.74 Å². The third-order valence-corrected chi connectivity index (χ3v) is 2.32. The molecule has 0 bridgehead atoms. The van der Waals surface area contributed by atoms with Crippen LogP contribution < -0.4 is 10.1 Å². The van der Waals surface area contributed by atoms with E-state index >= 15 is 0 Å². The van der Waals surface area contributed by atoms with E-state index in [2.05, 4.69) is 20.3 Å². The molecule has 1 aromatic heterocycles.